The van der Waals surface area contributed by atoms with Crippen LogP contribution in [0.15, 0.2) is 47.4 Å². The third-order valence-corrected chi connectivity index (χ3v) is 2.58. The zero-order chi connectivity index (χ0) is 13.2. The number of carbonyl (C=O) groups is 1. The van der Waals surface area contributed by atoms with Gasteiger partial charge in [-0.25, -0.2) is 9.97 Å². The smallest absolute Gasteiger partial charge is 0.291 e. The zero-order valence-corrected chi connectivity index (χ0v) is 9.83. The number of rotatable bonds is 2. The first kappa shape index (κ1) is 11.2. The van der Waals surface area contributed by atoms with Crippen LogP contribution in [0.5, 0.6) is 0 Å². The Hall–Kier alpha value is -2.89. The number of nitrogens with two attached hydrogens (primary N) is 1. The molecule has 1 amide bonds. The summed E-state index contributed by atoms with van der Waals surface area (Å²) >= 11 is 0. The van der Waals surface area contributed by atoms with E-state index in [1.807, 2.05) is 0 Å². The van der Waals surface area contributed by atoms with Crippen LogP contribution in [0.4, 0.5) is 11.4 Å². The summed E-state index contributed by atoms with van der Waals surface area (Å²) in [5.74, 6) is -0.144. The van der Waals surface area contributed by atoms with Crippen molar-refractivity contribution in [2.45, 2.75) is 0 Å². The molecule has 0 unspecified atom stereocenters. The Morgan fingerprint density at radius 2 is 2.00 bits per heavy atom. The molecule has 19 heavy (non-hydrogen) atoms. The number of nitrogens with one attached hydrogen (secondary N) is 1. The first-order valence-electron chi connectivity index (χ1n) is 5.58. The van der Waals surface area contributed by atoms with Crippen molar-refractivity contribution >= 4 is 28.3 Å². The molecule has 3 N–H and O–H groups in total. The molecule has 0 saturated heterocycles. The second kappa shape index (κ2) is 4.41. The number of benzene rings is 1. The van der Waals surface area contributed by atoms with Gasteiger partial charge in [-0.15, -0.1) is 0 Å². The van der Waals surface area contributed by atoms with Crippen molar-refractivity contribution in [2.24, 2.45) is 0 Å². The SMILES string of the molecule is Nc1ccc2oc(C(=O)Nc3cncnc3)cc2c1. The summed E-state index contributed by atoms with van der Waals surface area (Å²) in [5, 5.41) is 3.43. The van der Waals surface area contributed by atoms with Gasteiger partial charge in [-0.1, -0.05) is 0 Å². The lowest BCUT2D eigenvalue weighted by Gasteiger charge is -2.00. The molecule has 2 heterocycles. The lowest BCUT2D eigenvalue weighted by molar-refractivity contribution is 0.0998. The summed E-state index contributed by atoms with van der Waals surface area (Å²) in [5.41, 5.74) is 7.42. The maximum atomic E-state index is 12.0. The fraction of sp³-hybridized carbons (Fsp3) is 0. The van der Waals surface area contributed by atoms with Crippen molar-refractivity contribution in [1.82, 2.24) is 9.97 Å². The van der Waals surface area contributed by atoms with Crippen LogP contribution in [-0.4, -0.2) is 15.9 Å². The number of anilines is 2. The van der Waals surface area contributed by atoms with Gasteiger partial charge in [0.05, 0.1) is 18.1 Å². The van der Waals surface area contributed by atoms with Gasteiger partial charge >= 0.3 is 0 Å². The predicted molar refractivity (Wildman–Crippen MR) is 70.6 cm³/mol. The van der Waals surface area contributed by atoms with E-state index in [-0.39, 0.29) is 11.7 Å². The van der Waals surface area contributed by atoms with Gasteiger partial charge in [-0.05, 0) is 24.3 Å². The molecule has 1 aromatic carbocycles. The zero-order valence-electron chi connectivity index (χ0n) is 9.83. The van der Waals surface area contributed by atoms with E-state index in [1.54, 1.807) is 24.3 Å². The van der Waals surface area contributed by atoms with E-state index in [0.29, 0.717) is 17.0 Å². The van der Waals surface area contributed by atoms with E-state index in [2.05, 4.69) is 15.3 Å². The van der Waals surface area contributed by atoms with Crippen LogP contribution >= 0.6 is 0 Å². The van der Waals surface area contributed by atoms with E-state index >= 15 is 0 Å². The van der Waals surface area contributed by atoms with Gasteiger partial charge in [0.2, 0.25) is 0 Å². The number of nitrogens with zero attached hydrogens (tertiary/aromatic N) is 2. The Balaban J connectivity index is 1.89. The molecule has 0 spiro atoms. The van der Waals surface area contributed by atoms with Gasteiger partial charge in [0.15, 0.2) is 5.76 Å². The summed E-state index contributed by atoms with van der Waals surface area (Å²) in [7, 11) is 0. The number of hydrogen-bond donors (Lipinski definition) is 2. The first-order valence-corrected chi connectivity index (χ1v) is 5.58. The number of aromatic nitrogens is 2. The third-order valence-electron chi connectivity index (χ3n) is 2.58. The van der Waals surface area contributed by atoms with E-state index in [0.717, 1.165) is 5.39 Å². The summed E-state index contributed by atoms with van der Waals surface area (Å²) in [6, 6.07) is 6.84. The molecular weight excluding hydrogens is 244 g/mol. The van der Waals surface area contributed by atoms with Crippen molar-refractivity contribution in [3.05, 3.63) is 48.7 Å². The number of hydrogen-bond acceptors (Lipinski definition) is 5. The van der Waals surface area contributed by atoms with Crippen molar-refractivity contribution < 1.29 is 9.21 Å². The Morgan fingerprint density at radius 3 is 2.79 bits per heavy atom. The third kappa shape index (κ3) is 2.23. The monoisotopic (exact) mass is 254 g/mol. The van der Waals surface area contributed by atoms with Crippen LogP contribution in [0.2, 0.25) is 0 Å². The molecule has 0 atom stereocenters. The standard InChI is InChI=1S/C13H10N4O2/c14-9-1-2-11-8(3-9)4-12(19-11)13(18)17-10-5-15-7-16-6-10/h1-7H,14H2,(H,17,18). The highest BCUT2D eigenvalue weighted by atomic mass is 16.3. The van der Waals surface area contributed by atoms with Crippen molar-refractivity contribution in [3.63, 3.8) is 0 Å². The van der Waals surface area contributed by atoms with Crippen LogP contribution in [0.3, 0.4) is 0 Å². The second-order valence-electron chi connectivity index (χ2n) is 3.99. The molecule has 6 nitrogen and oxygen atoms in total. The normalized spacial score (nSPS) is 10.5. The Kier molecular flexibility index (Phi) is 2.60. The van der Waals surface area contributed by atoms with Gasteiger partial charge in [0.25, 0.3) is 5.91 Å². The fourth-order valence-corrected chi connectivity index (χ4v) is 1.73. The van der Waals surface area contributed by atoms with Gasteiger partial charge in [-0.2, -0.15) is 0 Å². The second-order valence-corrected chi connectivity index (χ2v) is 3.99. The average Bonchev–Trinajstić information content (AvgIpc) is 2.83. The Bertz CT molecular complexity index is 737. The molecule has 6 heteroatoms. The van der Waals surface area contributed by atoms with Crippen molar-refractivity contribution in [1.29, 1.82) is 0 Å². The molecule has 0 aliphatic rings. The molecule has 3 rings (SSSR count). The van der Waals surface area contributed by atoms with Crippen LogP contribution in [0, 0.1) is 0 Å². The Morgan fingerprint density at radius 1 is 1.21 bits per heavy atom. The van der Waals surface area contributed by atoms with E-state index in [4.69, 9.17) is 10.2 Å². The summed E-state index contributed by atoms with van der Waals surface area (Å²) in [6.07, 6.45) is 4.40. The van der Waals surface area contributed by atoms with Crippen LogP contribution in [0.1, 0.15) is 10.6 Å². The van der Waals surface area contributed by atoms with Gasteiger partial charge in [0.1, 0.15) is 11.9 Å². The van der Waals surface area contributed by atoms with E-state index in [9.17, 15) is 4.79 Å². The molecule has 0 saturated carbocycles. The lowest BCUT2D eigenvalue weighted by atomic mass is 10.2. The lowest BCUT2D eigenvalue weighted by Crippen LogP contribution is -2.11. The van der Waals surface area contributed by atoms with Crippen LogP contribution in [-0.2, 0) is 0 Å². The predicted octanol–water partition coefficient (Wildman–Crippen LogP) is 2.06. The minimum absolute atomic E-state index is 0.212. The quantitative estimate of drug-likeness (QED) is 0.682. The molecule has 0 aliphatic heterocycles. The molecule has 94 valence electrons. The topological polar surface area (TPSA) is 94.0 Å². The van der Waals surface area contributed by atoms with Crippen molar-refractivity contribution in [2.75, 3.05) is 11.1 Å². The highest BCUT2D eigenvalue weighted by Gasteiger charge is 2.12. The van der Waals surface area contributed by atoms with Gasteiger partial charge in [-0.3, -0.25) is 4.79 Å². The molecule has 2 aromatic heterocycles. The minimum Gasteiger partial charge on any atom is -0.451 e. The van der Waals surface area contributed by atoms with Gasteiger partial charge < -0.3 is 15.5 Å². The fourth-order valence-electron chi connectivity index (χ4n) is 1.73. The average molecular weight is 254 g/mol. The van der Waals surface area contributed by atoms with E-state index in [1.165, 1.54) is 18.7 Å². The largest absolute Gasteiger partial charge is 0.451 e. The number of amides is 1. The summed E-state index contributed by atoms with van der Waals surface area (Å²) in [4.78, 5) is 19.6. The minimum atomic E-state index is -0.357. The molecule has 0 bridgehead atoms. The number of carbonyl (C=O) groups excluding carboxylic acids is 1. The maximum absolute atomic E-state index is 12.0. The Labute approximate surface area is 108 Å². The van der Waals surface area contributed by atoms with Crippen LogP contribution < -0.4 is 11.1 Å². The highest BCUT2D eigenvalue weighted by molar-refractivity contribution is 6.04. The molecule has 0 aliphatic carbocycles. The van der Waals surface area contributed by atoms with Crippen molar-refractivity contribution in [3.8, 4) is 0 Å². The molecular formula is C13H10N4O2. The molecule has 0 radical (unpaired) electrons. The molecule has 0 fully saturated rings. The highest BCUT2D eigenvalue weighted by Crippen LogP contribution is 2.22. The summed E-state index contributed by atoms with van der Waals surface area (Å²) < 4.78 is 5.45. The summed E-state index contributed by atoms with van der Waals surface area (Å²) in [6.45, 7) is 0. The number of fused-ring (bicyclic) bond motifs is 1. The molecule has 3 aromatic rings. The number of furan rings is 1. The van der Waals surface area contributed by atoms with Crippen LogP contribution in [0.25, 0.3) is 11.0 Å². The first-order chi connectivity index (χ1) is 9.22. The number of nitrogen functional groups attached to an aromatic ring is 1. The van der Waals surface area contributed by atoms with Gasteiger partial charge in [0, 0.05) is 11.1 Å². The maximum Gasteiger partial charge on any atom is 0.291 e. The van der Waals surface area contributed by atoms with E-state index < -0.39 is 0 Å².